The first-order valence-corrected chi connectivity index (χ1v) is 7.41. The van der Waals surface area contributed by atoms with Gasteiger partial charge in [-0.25, -0.2) is 4.98 Å². The third kappa shape index (κ3) is 2.49. The van der Waals surface area contributed by atoms with E-state index in [0.29, 0.717) is 11.8 Å². The molecular formula is C15H20ClN3. The van der Waals surface area contributed by atoms with Crippen molar-refractivity contribution >= 4 is 22.6 Å². The van der Waals surface area contributed by atoms with E-state index >= 15 is 0 Å². The summed E-state index contributed by atoms with van der Waals surface area (Å²) in [6.45, 7) is 5.53. The molecule has 0 N–H and O–H groups in total. The van der Waals surface area contributed by atoms with Gasteiger partial charge in [0.2, 0.25) is 0 Å². The average molecular weight is 278 g/mol. The number of hydrogen-bond acceptors (Lipinski definition) is 2. The summed E-state index contributed by atoms with van der Waals surface area (Å²) in [7, 11) is 2.19. The maximum absolute atomic E-state index is 6.06. The SMILES string of the molecule is Cc1ccc2nc(CCl)n(CC3CCN(C)C3)c2c1. The lowest BCUT2D eigenvalue weighted by molar-refractivity contribution is 0.378. The summed E-state index contributed by atoms with van der Waals surface area (Å²) >= 11 is 6.06. The van der Waals surface area contributed by atoms with Gasteiger partial charge in [0.15, 0.2) is 0 Å². The summed E-state index contributed by atoms with van der Waals surface area (Å²) in [5.41, 5.74) is 3.57. The number of halogens is 1. The average Bonchev–Trinajstić information content (AvgIpc) is 2.94. The molecule has 0 radical (unpaired) electrons. The lowest BCUT2D eigenvalue weighted by Gasteiger charge is -2.14. The van der Waals surface area contributed by atoms with Gasteiger partial charge in [0.05, 0.1) is 16.9 Å². The van der Waals surface area contributed by atoms with Crippen molar-refractivity contribution in [2.45, 2.75) is 25.8 Å². The number of rotatable bonds is 3. The highest BCUT2D eigenvalue weighted by Gasteiger charge is 2.22. The second kappa shape index (κ2) is 5.14. The summed E-state index contributed by atoms with van der Waals surface area (Å²) < 4.78 is 2.32. The van der Waals surface area contributed by atoms with Gasteiger partial charge in [-0.05, 0) is 50.6 Å². The molecule has 1 aromatic heterocycles. The molecule has 2 aromatic rings. The monoisotopic (exact) mass is 277 g/mol. The fourth-order valence-electron chi connectivity index (χ4n) is 3.02. The van der Waals surface area contributed by atoms with Crippen molar-refractivity contribution in [1.29, 1.82) is 0 Å². The van der Waals surface area contributed by atoms with E-state index in [4.69, 9.17) is 11.6 Å². The van der Waals surface area contributed by atoms with E-state index in [1.54, 1.807) is 0 Å². The molecule has 1 unspecified atom stereocenters. The Kier molecular flexibility index (Phi) is 3.50. The van der Waals surface area contributed by atoms with Gasteiger partial charge in [0.1, 0.15) is 5.82 Å². The fraction of sp³-hybridized carbons (Fsp3) is 0.533. The van der Waals surface area contributed by atoms with E-state index in [1.165, 1.54) is 30.6 Å². The number of likely N-dealkylation sites (tertiary alicyclic amines) is 1. The van der Waals surface area contributed by atoms with Crippen LogP contribution in [0.15, 0.2) is 18.2 Å². The van der Waals surface area contributed by atoms with E-state index in [0.717, 1.165) is 17.9 Å². The number of nitrogens with zero attached hydrogens (tertiary/aromatic N) is 3. The molecule has 1 atom stereocenters. The van der Waals surface area contributed by atoms with E-state index in [9.17, 15) is 0 Å². The van der Waals surface area contributed by atoms with Crippen molar-refractivity contribution in [3.63, 3.8) is 0 Å². The zero-order valence-electron chi connectivity index (χ0n) is 11.6. The molecular weight excluding hydrogens is 258 g/mol. The van der Waals surface area contributed by atoms with Gasteiger partial charge in [-0.15, -0.1) is 11.6 Å². The number of alkyl halides is 1. The number of fused-ring (bicyclic) bond motifs is 1. The van der Waals surface area contributed by atoms with Gasteiger partial charge < -0.3 is 9.47 Å². The van der Waals surface area contributed by atoms with E-state index in [1.807, 2.05) is 0 Å². The normalized spacial score (nSPS) is 20.5. The Labute approximate surface area is 119 Å². The van der Waals surface area contributed by atoms with Crippen molar-refractivity contribution in [3.05, 3.63) is 29.6 Å². The zero-order chi connectivity index (χ0) is 13.4. The van der Waals surface area contributed by atoms with Crippen molar-refractivity contribution in [2.24, 2.45) is 5.92 Å². The van der Waals surface area contributed by atoms with Gasteiger partial charge in [-0.3, -0.25) is 0 Å². The molecule has 0 bridgehead atoms. The minimum atomic E-state index is 0.482. The first-order valence-electron chi connectivity index (χ1n) is 6.87. The molecule has 19 heavy (non-hydrogen) atoms. The molecule has 3 rings (SSSR count). The number of aromatic nitrogens is 2. The molecule has 1 fully saturated rings. The van der Waals surface area contributed by atoms with Crippen molar-refractivity contribution < 1.29 is 0 Å². The Morgan fingerprint density at radius 2 is 2.26 bits per heavy atom. The van der Waals surface area contributed by atoms with Crippen LogP contribution in [0.4, 0.5) is 0 Å². The standard InChI is InChI=1S/C15H20ClN3/c1-11-3-4-13-14(7-11)19(15(8-16)17-13)10-12-5-6-18(2)9-12/h3-4,7,12H,5-6,8-10H2,1-2H3. The second-order valence-electron chi connectivity index (χ2n) is 5.68. The van der Waals surface area contributed by atoms with Crippen LogP contribution in [0.3, 0.4) is 0 Å². The zero-order valence-corrected chi connectivity index (χ0v) is 12.3. The quantitative estimate of drug-likeness (QED) is 0.804. The minimum absolute atomic E-state index is 0.482. The topological polar surface area (TPSA) is 21.1 Å². The Bertz CT molecular complexity index is 590. The van der Waals surface area contributed by atoms with Crippen molar-refractivity contribution in [3.8, 4) is 0 Å². The fourth-order valence-corrected chi connectivity index (χ4v) is 3.23. The third-order valence-corrected chi connectivity index (χ3v) is 4.27. The van der Waals surface area contributed by atoms with Crippen molar-refractivity contribution in [2.75, 3.05) is 20.1 Å². The van der Waals surface area contributed by atoms with Crippen LogP contribution in [-0.2, 0) is 12.4 Å². The van der Waals surface area contributed by atoms with E-state index < -0.39 is 0 Å². The largest absolute Gasteiger partial charge is 0.327 e. The maximum atomic E-state index is 6.06. The van der Waals surface area contributed by atoms with Crippen LogP contribution < -0.4 is 0 Å². The minimum Gasteiger partial charge on any atom is -0.327 e. The van der Waals surface area contributed by atoms with Crippen LogP contribution in [0.1, 0.15) is 17.8 Å². The predicted molar refractivity (Wildman–Crippen MR) is 79.6 cm³/mol. The first kappa shape index (κ1) is 12.9. The Balaban J connectivity index is 1.98. The highest BCUT2D eigenvalue weighted by atomic mass is 35.5. The summed E-state index contributed by atoms with van der Waals surface area (Å²) in [5.74, 6) is 2.19. The van der Waals surface area contributed by atoms with E-state index in [-0.39, 0.29) is 0 Å². The lowest BCUT2D eigenvalue weighted by atomic mass is 10.1. The van der Waals surface area contributed by atoms with Crippen molar-refractivity contribution in [1.82, 2.24) is 14.5 Å². The van der Waals surface area contributed by atoms with Gasteiger partial charge in [-0.2, -0.15) is 0 Å². The molecule has 1 aliphatic heterocycles. The second-order valence-corrected chi connectivity index (χ2v) is 5.95. The molecule has 2 heterocycles. The van der Waals surface area contributed by atoms with E-state index in [2.05, 4.69) is 46.6 Å². The van der Waals surface area contributed by atoms with Crippen LogP contribution >= 0.6 is 11.6 Å². The lowest BCUT2D eigenvalue weighted by Crippen LogP contribution is -2.18. The molecule has 4 heteroatoms. The summed E-state index contributed by atoms with van der Waals surface area (Å²) in [6, 6.07) is 6.43. The Morgan fingerprint density at radius 3 is 2.95 bits per heavy atom. The highest BCUT2D eigenvalue weighted by Crippen LogP contribution is 2.23. The van der Waals surface area contributed by atoms with Gasteiger partial charge in [0, 0.05) is 13.1 Å². The number of imidazole rings is 1. The Hall–Kier alpha value is -1.06. The highest BCUT2D eigenvalue weighted by molar-refractivity contribution is 6.16. The molecule has 0 amide bonds. The molecule has 0 saturated carbocycles. The van der Waals surface area contributed by atoms with Gasteiger partial charge >= 0.3 is 0 Å². The smallest absolute Gasteiger partial charge is 0.124 e. The molecule has 3 nitrogen and oxygen atoms in total. The summed E-state index contributed by atoms with van der Waals surface area (Å²) in [6.07, 6.45) is 1.27. The van der Waals surface area contributed by atoms with Crippen LogP contribution in [0, 0.1) is 12.8 Å². The molecule has 0 spiro atoms. The predicted octanol–water partition coefficient (Wildman–Crippen LogP) is 3.04. The van der Waals surface area contributed by atoms with Gasteiger partial charge in [0.25, 0.3) is 0 Å². The number of aryl methyl sites for hydroxylation is 1. The number of benzene rings is 1. The summed E-state index contributed by atoms with van der Waals surface area (Å²) in [4.78, 5) is 7.05. The summed E-state index contributed by atoms with van der Waals surface area (Å²) in [5, 5.41) is 0. The molecule has 1 aromatic carbocycles. The molecule has 0 aliphatic carbocycles. The Morgan fingerprint density at radius 1 is 1.42 bits per heavy atom. The van der Waals surface area contributed by atoms with Crippen LogP contribution in [0.2, 0.25) is 0 Å². The molecule has 102 valence electrons. The third-order valence-electron chi connectivity index (χ3n) is 4.03. The maximum Gasteiger partial charge on any atom is 0.124 e. The van der Waals surface area contributed by atoms with Crippen LogP contribution in [-0.4, -0.2) is 34.6 Å². The van der Waals surface area contributed by atoms with Crippen LogP contribution in [0.5, 0.6) is 0 Å². The molecule has 1 aliphatic rings. The van der Waals surface area contributed by atoms with Gasteiger partial charge in [-0.1, -0.05) is 6.07 Å². The molecule has 1 saturated heterocycles. The first-order chi connectivity index (χ1) is 9.17. The van der Waals surface area contributed by atoms with Crippen LogP contribution in [0.25, 0.3) is 11.0 Å². The number of hydrogen-bond donors (Lipinski definition) is 0.